The molecule has 1 aliphatic rings. The fourth-order valence-corrected chi connectivity index (χ4v) is 4.64. The van der Waals surface area contributed by atoms with E-state index in [1.165, 1.54) is 38.5 Å². The number of methoxy groups -OCH3 is 1. The zero-order valence-corrected chi connectivity index (χ0v) is 16.8. The Morgan fingerprint density at radius 1 is 1.18 bits per heavy atom. The summed E-state index contributed by atoms with van der Waals surface area (Å²) in [6.07, 6.45) is 4.49. The van der Waals surface area contributed by atoms with Gasteiger partial charge in [0.25, 0.3) is 0 Å². The van der Waals surface area contributed by atoms with Crippen molar-refractivity contribution >= 4 is 17.4 Å². The van der Waals surface area contributed by atoms with E-state index < -0.39 is 4.92 Å². The average molecular weight is 405 g/mol. The van der Waals surface area contributed by atoms with Crippen LogP contribution in [0.4, 0.5) is 10.1 Å². The molecule has 0 saturated carbocycles. The molecule has 2 aromatic rings. The Kier molecular flexibility index (Phi) is 7.28. The lowest BCUT2D eigenvalue weighted by molar-refractivity contribution is -0.386. The van der Waals surface area contributed by atoms with Gasteiger partial charge in [0.05, 0.1) is 12.0 Å². The number of hydrogen-bond acceptors (Lipinski definition) is 5. The second kappa shape index (κ2) is 9.89. The number of hydrogen-bond donors (Lipinski definition) is 0. The van der Waals surface area contributed by atoms with Crippen LogP contribution in [0.15, 0.2) is 47.4 Å². The Bertz CT molecular complexity index is 795. The number of nitrogens with zero attached hydrogens (tertiary/aromatic N) is 2. The predicted molar refractivity (Wildman–Crippen MR) is 110 cm³/mol. The highest BCUT2D eigenvalue weighted by atomic mass is 32.2. The molecule has 1 atom stereocenters. The molecule has 2 aromatic carbocycles. The number of nitro groups is 1. The highest BCUT2D eigenvalue weighted by Crippen LogP contribution is 2.33. The minimum atomic E-state index is -0.413. The Balaban J connectivity index is 1.72. The summed E-state index contributed by atoms with van der Waals surface area (Å²) in [7, 11) is 1.43. The highest BCUT2D eigenvalue weighted by Gasteiger charge is 2.22. The molecule has 28 heavy (non-hydrogen) atoms. The number of likely N-dealkylation sites (tertiary alicyclic amines) is 1. The summed E-state index contributed by atoms with van der Waals surface area (Å²) < 4.78 is 18.3. The number of rotatable bonds is 8. The van der Waals surface area contributed by atoms with Crippen LogP contribution in [0.3, 0.4) is 0 Å². The molecule has 0 spiro atoms. The monoisotopic (exact) mass is 404 g/mol. The quantitative estimate of drug-likeness (QED) is 0.355. The Morgan fingerprint density at radius 3 is 2.54 bits per heavy atom. The summed E-state index contributed by atoms with van der Waals surface area (Å²) >= 11 is 1.62. The van der Waals surface area contributed by atoms with Crippen LogP contribution in [0.5, 0.6) is 5.75 Å². The van der Waals surface area contributed by atoms with Gasteiger partial charge in [-0.2, -0.15) is 0 Å². The van der Waals surface area contributed by atoms with Gasteiger partial charge in [0.15, 0.2) is 5.75 Å². The average Bonchev–Trinajstić information content (AvgIpc) is 2.73. The van der Waals surface area contributed by atoms with E-state index in [0.717, 1.165) is 35.7 Å². The maximum absolute atomic E-state index is 13.2. The molecule has 0 aliphatic carbocycles. The van der Waals surface area contributed by atoms with Crippen molar-refractivity contribution in [3.8, 4) is 5.75 Å². The van der Waals surface area contributed by atoms with Crippen molar-refractivity contribution in [2.24, 2.45) is 0 Å². The second-order valence-corrected chi connectivity index (χ2v) is 8.08. The number of thioether (sulfide) groups is 1. The van der Waals surface area contributed by atoms with Gasteiger partial charge in [-0.05, 0) is 62.2 Å². The fourth-order valence-electron chi connectivity index (χ4n) is 3.56. The number of piperidine rings is 1. The lowest BCUT2D eigenvalue weighted by Crippen LogP contribution is -2.42. The SMILES string of the molecule is COc1ccc(SCC(Cc2ccc(F)cc2)N2CCCCC2)cc1[N+](=O)[O-]. The van der Waals surface area contributed by atoms with Gasteiger partial charge in [0.1, 0.15) is 5.82 Å². The first kappa shape index (κ1) is 20.6. The van der Waals surface area contributed by atoms with Gasteiger partial charge in [-0.3, -0.25) is 15.0 Å². The van der Waals surface area contributed by atoms with Crippen LogP contribution in [0.2, 0.25) is 0 Å². The minimum Gasteiger partial charge on any atom is -0.490 e. The smallest absolute Gasteiger partial charge is 0.312 e. The van der Waals surface area contributed by atoms with Gasteiger partial charge in [-0.1, -0.05) is 18.6 Å². The Labute approximate surface area is 169 Å². The van der Waals surface area contributed by atoms with Gasteiger partial charge >= 0.3 is 5.69 Å². The summed E-state index contributed by atoms with van der Waals surface area (Å²) in [6, 6.07) is 12.1. The van der Waals surface area contributed by atoms with E-state index in [-0.39, 0.29) is 17.3 Å². The van der Waals surface area contributed by atoms with Crippen molar-refractivity contribution in [1.29, 1.82) is 0 Å². The summed E-state index contributed by atoms with van der Waals surface area (Å²) in [5.74, 6) is 0.868. The van der Waals surface area contributed by atoms with E-state index in [2.05, 4.69) is 4.90 Å². The van der Waals surface area contributed by atoms with Crippen molar-refractivity contribution in [1.82, 2.24) is 4.90 Å². The molecule has 150 valence electrons. The maximum atomic E-state index is 13.2. The van der Waals surface area contributed by atoms with Gasteiger partial charge in [0, 0.05) is 22.8 Å². The topological polar surface area (TPSA) is 55.6 Å². The molecule has 0 amide bonds. The zero-order chi connectivity index (χ0) is 19.9. The van der Waals surface area contributed by atoms with Crippen LogP contribution < -0.4 is 4.74 Å². The first-order valence-electron chi connectivity index (χ1n) is 9.50. The number of halogens is 1. The maximum Gasteiger partial charge on any atom is 0.312 e. The molecule has 5 nitrogen and oxygen atoms in total. The van der Waals surface area contributed by atoms with Crippen molar-refractivity contribution in [3.63, 3.8) is 0 Å². The molecular weight excluding hydrogens is 379 g/mol. The van der Waals surface area contributed by atoms with Gasteiger partial charge in [0.2, 0.25) is 0 Å². The number of nitro benzene ring substituents is 1. The summed E-state index contributed by atoms with van der Waals surface area (Å²) in [5, 5.41) is 11.3. The highest BCUT2D eigenvalue weighted by molar-refractivity contribution is 7.99. The molecule has 0 bridgehead atoms. The summed E-state index contributed by atoms with van der Waals surface area (Å²) in [5.41, 5.74) is 1.10. The zero-order valence-electron chi connectivity index (χ0n) is 16.0. The second-order valence-electron chi connectivity index (χ2n) is 6.98. The first-order chi connectivity index (χ1) is 13.6. The van der Waals surface area contributed by atoms with E-state index in [1.807, 2.05) is 18.2 Å². The third-order valence-corrected chi connectivity index (χ3v) is 6.22. The lowest BCUT2D eigenvalue weighted by Gasteiger charge is -2.34. The van der Waals surface area contributed by atoms with Crippen molar-refractivity contribution in [3.05, 3.63) is 64.0 Å². The molecular formula is C21H25FN2O3S. The van der Waals surface area contributed by atoms with Crippen LogP contribution in [0.25, 0.3) is 0 Å². The van der Waals surface area contributed by atoms with Crippen molar-refractivity contribution in [2.75, 3.05) is 26.0 Å². The van der Waals surface area contributed by atoms with Crippen molar-refractivity contribution in [2.45, 2.75) is 36.6 Å². The number of ether oxygens (including phenoxy) is 1. The lowest BCUT2D eigenvalue weighted by atomic mass is 10.0. The van der Waals surface area contributed by atoms with E-state index in [9.17, 15) is 14.5 Å². The molecule has 1 aliphatic heterocycles. The van der Waals surface area contributed by atoms with Crippen LogP contribution in [-0.2, 0) is 6.42 Å². The molecule has 0 radical (unpaired) electrons. The largest absolute Gasteiger partial charge is 0.490 e. The van der Waals surface area contributed by atoms with E-state index in [0.29, 0.717) is 6.04 Å². The molecule has 1 unspecified atom stereocenters. The van der Waals surface area contributed by atoms with Gasteiger partial charge in [-0.25, -0.2) is 4.39 Å². The molecule has 0 aromatic heterocycles. The van der Waals surface area contributed by atoms with Gasteiger partial charge in [-0.15, -0.1) is 11.8 Å². The Hall–Kier alpha value is -2.12. The number of benzene rings is 2. The molecule has 1 heterocycles. The summed E-state index contributed by atoms with van der Waals surface area (Å²) in [4.78, 5) is 14.2. The standard InChI is InChI=1S/C21H25FN2O3S/c1-27-21-10-9-19(14-20(21)24(25)26)28-15-18(23-11-3-2-4-12-23)13-16-5-7-17(22)8-6-16/h5-10,14,18H,2-4,11-13,15H2,1H3. The molecule has 7 heteroatoms. The normalized spacial score (nSPS) is 15.9. The van der Waals surface area contributed by atoms with E-state index in [4.69, 9.17) is 4.74 Å². The third-order valence-electron chi connectivity index (χ3n) is 5.08. The molecule has 1 fully saturated rings. The molecule has 3 rings (SSSR count). The third kappa shape index (κ3) is 5.45. The van der Waals surface area contributed by atoms with Gasteiger partial charge < -0.3 is 4.74 Å². The van der Waals surface area contributed by atoms with Crippen LogP contribution in [-0.4, -0.2) is 41.8 Å². The van der Waals surface area contributed by atoms with Crippen LogP contribution in [0, 0.1) is 15.9 Å². The molecule has 0 N–H and O–H groups in total. The van der Waals surface area contributed by atoms with Crippen LogP contribution in [0.1, 0.15) is 24.8 Å². The fraction of sp³-hybridized carbons (Fsp3) is 0.429. The minimum absolute atomic E-state index is 0.0134. The Morgan fingerprint density at radius 2 is 1.89 bits per heavy atom. The predicted octanol–water partition coefficient (Wildman–Crippen LogP) is 4.93. The van der Waals surface area contributed by atoms with Crippen LogP contribution >= 0.6 is 11.8 Å². The van der Waals surface area contributed by atoms with Crippen molar-refractivity contribution < 1.29 is 14.1 Å². The van der Waals surface area contributed by atoms with E-state index >= 15 is 0 Å². The molecule has 1 saturated heterocycles. The van der Waals surface area contributed by atoms with E-state index in [1.54, 1.807) is 23.9 Å². The first-order valence-corrected chi connectivity index (χ1v) is 10.5. The summed E-state index contributed by atoms with van der Waals surface area (Å²) in [6.45, 7) is 2.13.